The number of nitrogens with zero attached hydrogens (tertiary/aromatic N) is 1. The van der Waals surface area contributed by atoms with E-state index in [0.717, 1.165) is 10.5 Å². The van der Waals surface area contributed by atoms with Crippen LogP contribution in [-0.4, -0.2) is 32.7 Å². The average molecular weight is 272 g/mol. The molecule has 1 heterocycles. The Balaban J connectivity index is 2.24. The molecule has 0 spiro atoms. The molecule has 1 saturated heterocycles. The summed E-state index contributed by atoms with van der Waals surface area (Å²) in [6, 6.07) is 6.84. The predicted molar refractivity (Wildman–Crippen MR) is 64.7 cm³/mol. The monoisotopic (exact) mass is 271 g/mol. The lowest BCUT2D eigenvalue weighted by atomic mass is 10.1. The van der Waals surface area contributed by atoms with Crippen LogP contribution in [0.5, 0.6) is 0 Å². The van der Waals surface area contributed by atoms with Crippen molar-refractivity contribution in [2.45, 2.75) is 31.9 Å². The highest BCUT2D eigenvalue weighted by atomic mass is 35.5. The molecule has 98 valence electrons. The summed E-state index contributed by atoms with van der Waals surface area (Å²) in [6.45, 7) is 2.69. The number of hydrogen-bond donors (Lipinski definition) is 2. The van der Waals surface area contributed by atoms with Crippen molar-refractivity contribution in [3.05, 3.63) is 34.9 Å². The molecule has 2 atom stereocenters. The maximum absolute atomic E-state index is 11.6. The average Bonchev–Trinajstić information content (AvgIpc) is 2.40. The number of benzene rings is 1. The molecule has 1 aliphatic heterocycles. The molecule has 0 aromatic heterocycles. The Labute approximate surface area is 110 Å². The fraction of sp³-hybridized carbons (Fsp3) is 0.417. The number of aliphatic hydroxyl groups is 2. The van der Waals surface area contributed by atoms with E-state index < -0.39 is 17.6 Å². The van der Waals surface area contributed by atoms with E-state index in [1.165, 1.54) is 13.8 Å². The third-order valence-electron chi connectivity index (χ3n) is 3.16. The highest BCUT2D eigenvalue weighted by Gasteiger charge is 2.58. The summed E-state index contributed by atoms with van der Waals surface area (Å²) in [5, 5.41) is 20.6. The Hall–Kier alpha value is -1.30. The third kappa shape index (κ3) is 2.05. The Morgan fingerprint density at radius 2 is 1.83 bits per heavy atom. The van der Waals surface area contributed by atoms with Gasteiger partial charge in [-0.25, -0.2) is 4.79 Å². The van der Waals surface area contributed by atoms with Crippen LogP contribution in [0.25, 0.3) is 0 Å². The van der Waals surface area contributed by atoms with Crippen molar-refractivity contribution in [2.24, 2.45) is 0 Å². The molecule has 1 fully saturated rings. The molecule has 18 heavy (non-hydrogen) atoms. The second-order valence-electron chi connectivity index (χ2n) is 4.58. The van der Waals surface area contributed by atoms with Crippen LogP contribution in [0.15, 0.2) is 24.3 Å². The zero-order chi connectivity index (χ0) is 13.6. The number of amides is 1. The van der Waals surface area contributed by atoms with Gasteiger partial charge in [-0.15, -0.1) is 0 Å². The molecule has 1 aromatic carbocycles. The molecular weight excluding hydrogens is 258 g/mol. The highest BCUT2D eigenvalue weighted by molar-refractivity contribution is 6.30. The fourth-order valence-electron chi connectivity index (χ4n) is 1.74. The standard InChI is InChI=1S/C12H14ClNO4/c1-11(16)12(2,17)18-10(15)14(11)7-8-3-5-9(13)6-4-8/h3-6,16-17H,7H2,1-2H3. The molecule has 0 bridgehead atoms. The van der Waals surface area contributed by atoms with Gasteiger partial charge in [-0.3, -0.25) is 4.90 Å². The lowest BCUT2D eigenvalue weighted by Gasteiger charge is -2.33. The number of carbonyl (C=O) groups is 1. The van der Waals surface area contributed by atoms with Crippen LogP contribution < -0.4 is 0 Å². The number of ether oxygens (including phenoxy) is 1. The molecule has 1 aliphatic rings. The van der Waals surface area contributed by atoms with Gasteiger partial charge in [0.25, 0.3) is 5.79 Å². The van der Waals surface area contributed by atoms with Crippen LogP contribution in [0.3, 0.4) is 0 Å². The van der Waals surface area contributed by atoms with Crippen molar-refractivity contribution in [3.8, 4) is 0 Å². The second kappa shape index (κ2) is 4.12. The van der Waals surface area contributed by atoms with E-state index in [9.17, 15) is 15.0 Å². The van der Waals surface area contributed by atoms with E-state index in [2.05, 4.69) is 0 Å². The van der Waals surface area contributed by atoms with E-state index in [0.29, 0.717) is 5.02 Å². The van der Waals surface area contributed by atoms with E-state index in [4.69, 9.17) is 16.3 Å². The summed E-state index contributed by atoms with van der Waals surface area (Å²) < 4.78 is 4.74. The molecule has 0 radical (unpaired) electrons. The summed E-state index contributed by atoms with van der Waals surface area (Å²) in [6.07, 6.45) is -0.764. The van der Waals surface area contributed by atoms with Gasteiger partial charge in [0.2, 0.25) is 5.72 Å². The molecule has 0 saturated carbocycles. The van der Waals surface area contributed by atoms with Crippen molar-refractivity contribution in [3.63, 3.8) is 0 Å². The minimum absolute atomic E-state index is 0.124. The zero-order valence-corrected chi connectivity index (χ0v) is 10.8. The molecule has 2 unspecified atom stereocenters. The molecule has 1 amide bonds. The smallest absolute Gasteiger partial charge is 0.412 e. The summed E-state index contributed by atoms with van der Waals surface area (Å²) >= 11 is 5.76. The van der Waals surface area contributed by atoms with Crippen LogP contribution in [0, 0.1) is 0 Å². The summed E-state index contributed by atoms with van der Waals surface area (Å²) in [4.78, 5) is 12.7. The summed E-state index contributed by atoms with van der Waals surface area (Å²) in [7, 11) is 0. The lowest BCUT2D eigenvalue weighted by molar-refractivity contribution is -0.248. The molecule has 5 nitrogen and oxygen atoms in total. The topological polar surface area (TPSA) is 70.0 Å². The normalized spacial score (nSPS) is 31.6. The van der Waals surface area contributed by atoms with Crippen molar-refractivity contribution in [2.75, 3.05) is 0 Å². The predicted octanol–water partition coefficient (Wildman–Crippen LogP) is 1.71. The number of carbonyl (C=O) groups excluding carboxylic acids is 1. The van der Waals surface area contributed by atoms with Crippen LogP contribution in [-0.2, 0) is 11.3 Å². The van der Waals surface area contributed by atoms with E-state index in [-0.39, 0.29) is 6.54 Å². The van der Waals surface area contributed by atoms with Gasteiger partial charge >= 0.3 is 6.09 Å². The summed E-state index contributed by atoms with van der Waals surface area (Å²) in [5.74, 6) is -1.93. The van der Waals surface area contributed by atoms with E-state index >= 15 is 0 Å². The van der Waals surface area contributed by atoms with Crippen LogP contribution in [0.2, 0.25) is 5.02 Å². The maximum Gasteiger partial charge on any atom is 0.415 e. The van der Waals surface area contributed by atoms with Gasteiger partial charge in [-0.05, 0) is 24.6 Å². The quantitative estimate of drug-likeness (QED) is 0.859. The lowest BCUT2D eigenvalue weighted by Crippen LogP contribution is -2.54. The van der Waals surface area contributed by atoms with Gasteiger partial charge in [0.05, 0.1) is 6.54 Å². The molecular formula is C12H14ClNO4. The minimum atomic E-state index is -1.93. The van der Waals surface area contributed by atoms with Crippen LogP contribution >= 0.6 is 11.6 Å². The molecule has 6 heteroatoms. The van der Waals surface area contributed by atoms with Crippen molar-refractivity contribution >= 4 is 17.7 Å². The first-order valence-corrected chi connectivity index (χ1v) is 5.81. The molecule has 2 N–H and O–H groups in total. The van der Waals surface area contributed by atoms with Crippen LogP contribution in [0.4, 0.5) is 4.79 Å². The van der Waals surface area contributed by atoms with E-state index in [1.807, 2.05) is 0 Å². The van der Waals surface area contributed by atoms with Crippen molar-refractivity contribution in [1.82, 2.24) is 4.90 Å². The van der Waals surface area contributed by atoms with Gasteiger partial charge in [0.15, 0.2) is 0 Å². The second-order valence-corrected chi connectivity index (χ2v) is 5.02. The Kier molecular flexibility index (Phi) is 3.01. The number of halogens is 1. The first kappa shape index (κ1) is 13.1. The van der Waals surface area contributed by atoms with Gasteiger partial charge in [0, 0.05) is 11.9 Å². The SMILES string of the molecule is CC1(O)OC(=O)N(Cc2ccc(Cl)cc2)C1(C)O. The van der Waals surface area contributed by atoms with Crippen molar-refractivity contribution in [1.29, 1.82) is 0 Å². The minimum Gasteiger partial charge on any atom is -0.412 e. The van der Waals surface area contributed by atoms with Gasteiger partial charge in [-0.2, -0.15) is 0 Å². The third-order valence-corrected chi connectivity index (χ3v) is 3.42. The van der Waals surface area contributed by atoms with Gasteiger partial charge < -0.3 is 14.9 Å². The van der Waals surface area contributed by atoms with Gasteiger partial charge in [-0.1, -0.05) is 23.7 Å². The number of hydrogen-bond acceptors (Lipinski definition) is 4. The molecule has 0 aliphatic carbocycles. The number of cyclic esters (lactones) is 1. The maximum atomic E-state index is 11.6. The molecule has 2 rings (SSSR count). The number of rotatable bonds is 2. The fourth-order valence-corrected chi connectivity index (χ4v) is 1.87. The van der Waals surface area contributed by atoms with Gasteiger partial charge in [0.1, 0.15) is 0 Å². The highest BCUT2D eigenvalue weighted by Crippen LogP contribution is 2.36. The van der Waals surface area contributed by atoms with Crippen molar-refractivity contribution < 1.29 is 19.7 Å². The summed E-state index contributed by atoms with van der Waals surface area (Å²) in [5.41, 5.74) is -1.02. The Morgan fingerprint density at radius 1 is 1.28 bits per heavy atom. The largest absolute Gasteiger partial charge is 0.415 e. The van der Waals surface area contributed by atoms with Crippen LogP contribution in [0.1, 0.15) is 19.4 Å². The van der Waals surface area contributed by atoms with E-state index in [1.54, 1.807) is 24.3 Å². The Bertz CT molecular complexity index is 469. The zero-order valence-electron chi connectivity index (χ0n) is 10.1. The Morgan fingerprint density at radius 3 is 2.28 bits per heavy atom. The first-order valence-electron chi connectivity index (χ1n) is 5.44. The molecule has 1 aromatic rings. The first-order chi connectivity index (χ1) is 8.24.